The maximum atomic E-state index is 14.6. The second kappa shape index (κ2) is 12.7. The molecule has 3 aromatic rings. The number of fused-ring (bicyclic) bond motifs is 3. The normalized spacial score (nSPS) is 25.4. The fourth-order valence-corrected chi connectivity index (χ4v) is 8.54. The summed E-state index contributed by atoms with van der Waals surface area (Å²) in [5.41, 5.74) is 5.37. The number of aryl methyl sites for hydroxylation is 1. The summed E-state index contributed by atoms with van der Waals surface area (Å²) in [5, 5.41) is 10.5. The van der Waals surface area contributed by atoms with Crippen LogP contribution in [0.5, 0.6) is 11.8 Å². The van der Waals surface area contributed by atoms with Crippen molar-refractivity contribution >= 4 is 22.6 Å². The Balaban J connectivity index is 1.25. The Morgan fingerprint density at radius 1 is 1.08 bits per heavy atom. The molecule has 4 fully saturated rings. The molecule has 0 bridgehead atoms. The SMILES string of the molecule is C=CC(=O)N1CCN(c2nc(OC[C@@]34CCCN3C[C@H](F)C4)nc3c(OC4CC4)c(-c4cccc5c4CCCC5)ccc23)C[C@@H]1CC#N. The fourth-order valence-electron chi connectivity index (χ4n) is 8.54. The van der Waals surface area contributed by atoms with Crippen LogP contribution < -0.4 is 14.4 Å². The van der Waals surface area contributed by atoms with Gasteiger partial charge < -0.3 is 19.3 Å². The van der Waals surface area contributed by atoms with E-state index in [2.05, 4.69) is 52.8 Å². The number of benzene rings is 2. The average molecular weight is 651 g/mol. The van der Waals surface area contributed by atoms with E-state index in [0.717, 1.165) is 61.8 Å². The first-order valence-corrected chi connectivity index (χ1v) is 17.7. The van der Waals surface area contributed by atoms with Crippen molar-refractivity contribution in [3.05, 3.63) is 54.1 Å². The zero-order chi connectivity index (χ0) is 32.8. The van der Waals surface area contributed by atoms with Gasteiger partial charge in [-0.25, -0.2) is 4.39 Å². The number of rotatable bonds is 9. The van der Waals surface area contributed by atoms with Crippen LogP contribution in [0, 0.1) is 11.3 Å². The van der Waals surface area contributed by atoms with E-state index in [1.165, 1.54) is 35.6 Å². The Bertz CT molecular complexity index is 1790. The number of halogens is 1. The molecule has 3 aliphatic heterocycles. The molecule has 9 nitrogen and oxygen atoms in total. The van der Waals surface area contributed by atoms with Gasteiger partial charge >= 0.3 is 6.01 Å². The van der Waals surface area contributed by atoms with Crippen molar-refractivity contribution in [2.24, 2.45) is 0 Å². The summed E-state index contributed by atoms with van der Waals surface area (Å²) in [4.78, 5) is 28.9. The van der Waals surface area contributed by atoms with E-state index in [0.29, 0.717) is 50.5 Å². The molecule has 48 heavy (non-hydrogen) atoms. The van der Waals surface area contributed by atoms with Gasteiger partial charge in [0.2, 0.25) is 5.91 Å². The molecule has 0 radical (unpaired) electrons. The second-order valence-corrected chi connectivity index (χ2v) is 14.2. The molecular weight excluding hydrogens is 607 g/mol. The van der Waals surface area contributed by atoms with Gasteiger partial charge in [0.15, 0.2) is 5.75 Å². The van der Waals surface area contributed by atoms with Gasteiger partial charge in [0.1, 0.15) is 24.1 Å². The summed E-state index contributed by atoms with van der Waals surface area (Å²) in [6.07, 6.45) is 9.68. The molecule has 1 aromatic heterocycles. The molecule has 1 saturated carbocycles. The Morgan fingerprint density at radius 2 is 1.96 bits per heavy atom. The Labute approximate surface area is 281 Å². The smallest absolute Gasteiger partial charge is 0.319 e. The van der Waals surface area contributed by atoms with E-state index in [1.807, 2.05) is 0 Å². The lowest BCUT2D eigenvalue weighted by Gasteiger charge is -2.41. The van der Waals surface area contributed by atoms with Crippen LogP contribution in [-0.2, 0) is 17.6 Å². The van der Waals surface area contributed by atoms with Crippen LogP contribution in [0.3, 0.4) is 0 Å². The number of anilines is 1. The topological polar surface area (TPSA) is 94.8 Å². The van der Waals surface area contributed by atoms with Crippen LogP contribution in [0.4, 0.5) is 10.2 Å². The number of piperazine rings is 1. The van der Waals surface area contributed by atoms with Crippen molar-refractivity contribution in [2.75, 3.05) is 44.2 Å². The molecule has 2 aliphatic carbocycles. The van der Waals surface area contributed by atoms with Gasteiger partial charge in [0, 0.05) is 43.5 Å². The third kappa shape index (κ3) is 5.66. The van der Waals surface area contributed by atoms with E-state index < -0.39 is 6.17 Å². The number of nitrogens with zero attached hydrogens (tertiary/aromatic N) is 6. The number of hydrogen-bond acceptors (Lipinski definition) is 8. The van der Waals surface area contributed by atoms with Crippen molar-refractivity contribution < 1.29 is 18.7 Å². The van der Waals surface area contributed by atoms with Gasteiger partial charge in [-0.1, -0.05) is 24.8 Å². The summed E-state index contributed by atoms with van der Waals surface area (Å²) in [7, 11) is 0. The Hall–Kier alpha value is -4.23. The maximum Gasteiger partial charge on any atom is 0.319 e. The van der Waals surface area contributed by atoms with Crippen molar-refractivity contribution in [3.8, 4) is 29.0 Å². The molecule has 5 aliphatic rings. The minimum Gasteiger partial charge on any atom is -0.487 e. The number of aromatic nitrogens is 2. The summed E-state index contributed by atoms with van der Waals surface area (Å²) < 4.78 is 27.9. The number of amides is 1. The zero-order valence-electron chi connectivity index (χ0n) is 27.5. The molecule has 3 saturated heterocycles. The lowest BCUT2D eigenvalue weighted by molar-refractivity contribution is -0.128. The van der Waals surface area contributed by atoms with Crippen LogP contribution in [0.15, 0.2) is 43.0 Å². The molecule has 1 amide bonds. The summed E-state index contributed by atoms with van der Waals surface area (Å²) in [6, 6.07) is 13.0. The highest BCUT2D eigenvalue weighted by atomic mass is 19.1. The molecule has 8 rings (SSSR count). The summed E-state index contributed by atoms with van der Waals surface area (Å²) >= 11 is 0. The summed E-state index contributed by atoms with van der Waals surface area (Å²) in [6.45, 7) is 6.73. The predicted molar refractivity (Wildman–Crippen MR) is 182 cm³/mol. The first-order chi connectivity index (χ1) is 23.5. The largest absolute Gasteiger partial charge is 0.487 e. The molecule has 2 aromatic carbocycles. The second-order valence-electron chi connectivity index (χ2n) is 14.2. The molecule has 0 N–H and O–H groups in total. The Morgan fingerprint density at radius 3 is 2.79 bits per heavy atom. The summed E-state index contributed by atoms with van der Waals surface area (Å²) in [5.74, 6) is 1.27. The highest BCUT2D eigenvalue weighted by Crippen LogP contribution is 2.45. The highest BCUT2D eigenvalue weighted by Gasteiger charge is 2.49. The number of alkyl halides is 1. The molecule has 0 unspecified atom stereocenters. The van der Waals surface area contributed by atoms with Crippen molar-refractivity contribution in [1.29, 1.82) is 5.26 Å². The van der Waals surface area contributed by atoms with Crippen LogP contribution in [-0.4, -0.2) is 88.9 Å². The highest BCUT2D eigenvalue weighted by molar-refractivity contribution is 5.99. The van der Waals surface area contributed by atoms with Crippen molar-refractivity contribution in [3.63, 3.8) is 0 Å². The zero-order valence-corrected chi connectivity index (χ0v) is 27.5. The van der Waals surface area contributed by atoms with Crippen molar-refractivity contribution in [1.82, 2.24) is 19.8 Å². The fraction of sp³-hybridized carbons (Fsp3) is 0.526. The number of carbonyl (C=O) groups is 1. The minimum atomic E-state index is -0.855. The number of ether oxygens (including phenoxy) is 2. The van der Waals surface area contributed by atoms with Gasteiger partial charge in [0.25, 0.3) is 0 Å². The van der Waals surface area contributed by atoms with E-state index >= 15 is 0 Å². The first kappa shape index (κ1) is 31.1. The lowest BCUT2D eigenvalue weighted by atomic mass is 9.85. The molecular formula is C38H43FN6O3. The third-order valence-corrected chi connectivity index (χ3v) is 11.1. The van der Waals surface area contributed by atoms with E-state index in [4.69, 9.17) is 19.4 Å². The number of carbonyl (C=O) groups excluding carboxylic acids is 1. The molecule has 3 atom stereocenters. The Kier molecular flexibility index (Phi) is 8.19. The van der Waals surface area contributed by atoms with Gasteiger partial charge in [-0.15, -0.1) is 0 Å². The standard InChI is InChI=1S/C38H43FN6O3/c1-2-33(46)45-20-19-43(23-27(45)15-17-40)36-32-14-13-31(30-10-5-8-25-7-3-4-9-29(25)30)35(48-28-11-12-28)34(32)41-37(42-36)47-24-38-16-6-18-44(38)22-26(39)21-38/h2,5,8,10,13-14,26-28H,1,3-4,6-7,9,11-12,15-16,18-24H2/t26-,27+,38+/m1/s1. The number of nitriles is 1. The molecule has 0 spiro atoms. The van der Waals surface area contributed by atoms with Crippen LogP contribution in [0.1, 0.15) is 62.5 Å². The van der Waals surface area contributed by atoms with Crippen molar-refractivity contribution in [2.45, 2.75) is 88.1 Å². The van der Waals surface area contributed by atoms with E-state index in [9.17, 15) is 14.4 Å². The van der Waals surface area contributed by atoms with Gasteiger partial charge in [-0.05, 0) is 92.8 Å². The van der Waals surface area contributed by atoms with Crippen LogP contribution in [0.2, 0.25) is 0 Å². The molecule has 4 heterocycles. The van der Waals surface area contributed by atoms with E-state index in [-0.39, 0.29) is 36.0 Å². The lowest BCUT2D eigenvalue weighted by Crippen LogP contribution is -2.55. The number of hydrogen-bond donors (Lipinski definition) is 0. The monoisotopic (exact) mass is 650 g/mol. The van der Waals surface area contributed by atoms with Gasteiger partial charge in [0.05, 0.1) is 30.2 Å². The quantitative estimate of drug-likeness (QED) is 0.269. The first-order valence-electron chi connectivity index (χ1n) is 17.7. The average Bonchev–Trinajstić information content (AvgIpc) is 3.77. The maximum absolute atomic E-state index is 14.6. The molecule has 10 heteroatoms. The van der Waals surface area contributed by atoms with Crippen LogP contribution in [0.25, 0.3) is 22.0 Å². The van der Waals surface area contributed by atoms with Gasteiger partial charge in [-0.2, -0.15) is 15.2 Å². The van der Waals surface area contributed by atoms with E-state index in [1.54, 1.807) is 4.90 Å². The predicted octanol–water partition coefficient (Wildman–Crippen LogP) is 5.79. The van der Waals surface area contributed by atoms with Gasteiger partial charge in [-0.3, -0.25) is 9.69 Å². The van der Waals surface area contributed by atoms with Crippen LogP contribution >= 0.6 is 0 Å². The minimum absolute atomic E-state index is 0.135. The third-order valence-electron chi connectivity index (χ3n) is 11.1. The molecule has 250 valence electrons.